The smallest absolute Gasteiger partial charge is 0.333 e. The fourth-order valence-electron chi connectivity index (χ4n) is 6.45. The van der Waals surface area contributed by atoms with Crippen LogP contribution in [0.3, 0.4) is 0 Å². The van der Waals surface area contributed by atoms with Crippen molar-refractivity contribution in [3.63, 3.8) is 0 Å². The lowest BCUT2D eigenvalue weighted by Crippen LogP contribution is -2.41. The van der Waals surface area contributed by atoms with E-state index < -0.39 is 10.0 Å². The Hall–Kier alpha value is -3.09. The van der Waals surface area contributed by atoms with Gasteiger partial charge < -0.3 is 10.1 Å². The first-order valence-electron chi connectivity index (χ1n) is 14.1. The largest absolute Gasteiger partial charge is 0.381 e. The van der Waals surface area contributed by atoms with E-state index in [-0.39, 0.29) is 35.4 Å². The Morgan fingerprint density at radius 1 is 1.00 bits per heavy atom. The molecule has 0 amide bonds. The summed E-state index contributed by atoms with van der Waals surface area (Å²) >= 11 is 0. The van der Waals surface area contributed by atoms with Crippen molar-refractivity contribution in [3.05, 3.63) is 58.5 Å². The molecular formula is C28H35FN6O4S. The van der Waals surface area contributed by atoms with Gasteiger partial charge >= 0.3 is 5.69 Å². The zero-order chi connectivity index (χ0) is 27.9. The highest BCUT2D eigenvalue weighted by Crippen LogP contribution is 2.32. The Morgan fingerprint density at radius 3 is 2.40 bits per heavy atom. The average molecular weight is 571 g/mol. The molecule has 3 fully saturated rings. The molecule has 0 radical (unpaired) electrons. The van der Waals surface area contributed by atoms with Crippen LogP contribution in [-0.4, -0.2) is 69.4 Å². The number of hydrogen-bond donors (Lipinski definition) is 1. The second kappa shape index (κ2) is 11.1. The zero-order valence-electron chi connectivity index (χ0n) is 22.6. The molecule has 1 aromatic carbocycles. The van der Waals surface area contributed by atoms with E-state index in [9.17, 15) is 17.6 Å². The SMILES string of the molecule is Cc1c(-c2ccnc(NC3CCC(N4CCCS4(=O)=O)CC3)n2)n(-c2ccc(F)cc2)c(=O)n1C1CCOCC1. The third kappa shape index (κ3) is 5.19. The van der Waals surface area contributed by atoms with Gasteiger partial charge in [0.25, 0.3) is 0 Å². The van der Waals surface area contributed by atoms with Gasteiger partial charge in [0.15, 0.2) is 0 Å². The van der Waals surface area contributed by atoms with Gasteiger partial charge in [0.2, 0.25) is 16.0 Å². The van der Waals surface area contributed by atoms with Crippen molar-refractivity contribution in [2.45, 2.75) is 70.0 Å². The predicted molar refractivity (Wildman–Crippen MR) is 150 cm³/mol. The molecule has 2 saturated heterocycles. The van der Waals surface area contributed by atoms with Crippen molar-refractivity contribution in [2.24, 2.45) is 0 Å². The number of hydrogen-bond acceptors (Lipinski definition) is 7. The maximum absolute atomic E-state index is 13.8. The third-order valence-electron chi connectivity index (χ3n) is 8.44. The van der Waals surface area contributed by atoms with Crippen LogP contribution in [0.4, 0.5) is 10.3 Å². The summed E-state index contributed by atoms with van der Waals surface area (Å²) in [5, 5.41) is 3.44. The Kier molecular flexibility index (Phi) is 7.49. The molecular weight excluding hydrogens is 535 g/mol. The van der Waals surface area contributed by atoms with Crippen molar-refractivity contribution in [2.75, 3.05) is 30.8 Å². The number of nitrogens with one attached hydrogen (secondary N) is 1. The van der Waals surface area contributed by atoms with Crippen LogP contribution < -0.4 is 11.0 Å². The van der Waals surface area contributed by atoms with Crippen molar-refractivity contribution in [1.82, 2.24) is 23.4 Å². The quantitative estimate of drug-likeness (QED) is 0.482. The number of rotatable bonds is 6. The highest BCUT2D eigenvalue weighted by Gasteiger charge is 2.36. The summed E-state index contributed by atoms with van der Waals surface area (Å²) in [5.41, 5.74) is 2.42. The minimum atomic E-state index is -3.11. The van der Waals surface area contributed by atoms with Crippen LogP contribution in [0.5, 0.6) is 0 Å². The summed E-state index contributed by atoms with van der Waals surface area (Å²) in [5.74, 6) is 0.348. The summed E-state index contributed by atoms with van der Waals surface area (Å²) in [4.78, 5) is 23.1. The molecule has 1 aliphatic carbocycles. The van der Waals surface area contributed by atoms with Gasteiger partial charge in [-0.05, 0) is 82.2 Å². The van der Waals surface area contributed by atoms with E-state index in [1.54, 1.807) is 33.3 Å². The number of sulfonamides is 1. The fraction of sp³-hybridized carbons (Fsp3) is 0.536. The number of imidazole rings is 1. The predicted octanol–water partition coefficient (Wildman–Crippen LogP) is 3.65. The highest BCUT2D eigenvalue weighted by atomic mass is 32.2. The fourth-order valence-corrected chi connectivity index (χ4v) is 8.25. The molecule has 12 heteroatoms. The second-order valence-corrected chi connectivity index (χ2v) is 13.0. The number of halogens is 1. The van der Waals surface area contributed by atoms with E-state index >= 15 is 0 Å². The summed E-state index contributed by atoms with van der Waals surface area (Å²) in [6, 6.07) is 7.90. The van der Waals surface area contributed by atoms with Crippen LogP contribution in [0.25, 0.3) is 17.1 Å². The first-order chi connectivity index (χ1) is 19.3. The van der Waals surface area contributed by atoms with Gasteiger partial charge in [0.05, 0.1) is 22.8 Å². The van der Waals surface area contributed by atoms with Crippen molar-refractivity contribution < 1.29 is 17.5 Å². The summed E-state index contributed by atoms with van der Waals surface area (Å²) < 4.78 is 49.1. The van der Waals surface area contributed by atoms with E-state index in [1.165, 1.54) is 12.1 Å². The summed E-state index contributed by atoms with van der Waals surface area (Å²) in [6.07, 6.45) is 7.11. The van der Waals surface area contributed by atoms with E-state index in [1.807, 2.05) is 11.5 Å². The molecule has 10 nitrogen and oxygen atoms in total. The van der Waals surface area contributed by atoms with Crippen LogP contribution in [0.15, 0.2) is 41.3 Å². The number of benzene rings is 1. The molecule has 4 heterocycles. The molecule has 0 bridgehead atoms. The van der Waals surface area contributed by atoms with Crippen molar-refractivity contribution in [3.8, 4) is 17.1 Å². The first-order valence-corrected chi connectivity index (χ1v) is 15.7. The molecule has 3 aromatic rings. The summed E-state index contributed by atoms with van der Waals surface area (Å²) in [6.45, 7) is 3.75. The average Bonchev–Trinajstić information content (AvgIpc) is 3.44. The zero-order valence-corrected chi connectivity index (χ0v) is 23.4. The molecule has 40 heavy (non-hydrogen) atoms. The topological polar surface area (TPSA) is 111 Å². The molecule has 2 aromatic heterocycles. The third-order valence-corrected chi connectivity index (χ3v) is 10.4. The second-order valence-electron chi connectivity index (χ2n) is 10.9. The molecule has 3 aliphatic rings. The first kappa shape index (κ1) is 27.1. The molecule has 6 rings (SSSR count). The maximum Gasteiger partial charge on any atom is 0.333 e. The van der Waals surface area contributed by atoms with Gasteiger partial charge in [-0.2, -0.15) is 4.31 Å². The molecule has 0 atom stereocenters. The van der Waals surface area contributed by atoms with Crippen LogP contribution in [0.2, 0.25) is 0 Å². The minimum absolute atomic E-state index is 0.00994. The Labute approximate surface area is 233 Å². The van der Waals surface area contributed by atoms with Gasteiger partial charge in [-0.15, -0.1) is 0 Å². The number of aromatic nitrogens is 4. The monoisotopic (exact) mass is 570 g/mol. The molecule has 1 saturated carbocycles. The van der Waals surface area contributed by atoms with Gasteiger partial charge in [-0.3, -0.25) is 9.13 Å². The summed E-state index contributed by atoms with van der Waals surface area (Å²) in [7, 11) is -3.11. The van der Waals surface area contributed by atoms with E-state index in [4.69, 9.17) is 9.72 Å². The number of ether oxygens (including phenoxy) is 1. The molecule has 214 valence electrons. The molecule has 0 unspecified atom stereocenters. The normalized spacial score (nSPS) is 23.9. The van der Waals surface area contributed by atoms with Crippen LogP contribution in [0, 0.1) is 12.7 Å². The van der Waals surface area contributed by atoms with Gasteiger partial charge in [0, 0.05) is 49.8 Å². The van der Waals surface area contributed by atoms with Crippen molar-refractivity contribution in [1.29, 1.82) is 0 Å². The van der Waals surface area contributed by atoms with Gasteiger partial charge in [-0.25, -0.2) is 27.6 Å². The molecule has 2 aliphatic heterocycles. The number of anilines is 1. The van der Waals surface area contributed by atoms with Gasteiger partial charge in [0.1, 0.15) is 5.82 Å². The molecule has 0 spiro atoms. The highest BCUT2D eigenvalue weighted by molar-refractivity contribution is 7.89. The van der Waals surface area contributed by atoms with Gasteiger partial charge in [-0.1, -0.05) is 0 Å². The van der Waals surface area contributed by atoms with Crippen LogP contribution >= 0.6 is 0 Å². The Balaban J connectivity index is 1.28. The molecule has 1 N–H and O–H groups in total. The Morgan fingerprint density at radius 2 is 1.73 bits per heavy atom. The van der Waals surface area contributed by atoms with E-state index in [0.29, 0.717) is 49.2 Å². The van der Waals surface area contributed by atoms with E-state index in [0.717, 1.165) is 44.2 Å². The van der Waals surface area contributed by atoms with Crippen LogP contribution in [0.1, 0.15) is 56.7 Å². The van der Waals surface area contributed by atoms with Crippen molar-refractivity contribution >= 4 is 16.0 Å². The number of nitrogens with zero attached hydrogens (tertiary/aromatic N) is 5. The Bertz CT molecular complexity index is 1520. The van der Waals surface area contributed by atoms with Crippen LogP contribution in [-0.2, 0) is 14.8 Å². The lowest BCUT2D eigenvalue weighted by molar-refractivity contribution is 0.0682. The lowest BCUT2D eigenvalue weighted by atomic mass is 9.91. The standard InChI is InChI=1S/C28H35FN6O4S/c1-19-26(35(23-7-3-20(29)4-8-23)28(36)34(19)24-12-16-39-17-13-24)25-11-14-30-27(32-25)31-21-5-9-22(10-6-21)33-15-2-18-40(33,37)38/h3-4,7-8,11,14,21-22,24H,2,5-6,9-10,12-13,15-18H2,1H3,(H,30,31,32). The van der Waals surface area contributed by atoms with E-state index in [2.05, 4.69) is 10.3 Å². The maximum atomic E-state index is 13.8. The minimum Gasteiger partial charge on any atom is -0.381 e. The lowest BCUT2D eigenvalue weighted by Gasteiger charge is -2.33.